The van der Waals surface area contributed by atoms with Crippen LogP contribution in [0.5, 0.6) is 0 Å². The van der Waals surface area contributed by atoms with Gasteiger partial charge in [0.05, 0.1) is 25.4 Å². The molecular weight excluding hydrogens is 256 g/mol. The zero-order chi connectivity index (χ0) is 14.4. The van der Waals surface area contributed by atoms with Crippen LogP contribution >= 0.6 is 0 Å². The molecule has 1 fully saturated rings. The minimum Gasteiger partial charge on any atom is -0.390 e. The lowest BCUT2D eigenvalue weighted by Crippen LogP contribution is -2.46. The molecule has 6 heteroatoms. The fraction of sp³-hybridized carbons (Fsp3) is 0.786. The number of ether oxygens (including phenoxy) is 1. The molecule has 0 radical (unpaired) electrons. The monoisotopic (exact) mass is 282 g/mol. The van der Waals surface area contributed by atoms with Crippen LogP contribution in [0.3, 0.4) is 0 Å². The summed E-state index contributed by atoms with van der Waals surface area (Å²) in [6.07, 6.45) is 3.41. The first-order valence-electron chi connectivity index (χ1n) is 7.37. The van der Waals surface area contributed by atoms with E-state index in [1.165, 1.54) is 0 Å². The minimum atomic E-state index is -0.347. The summed E-state index contributed by atoms with van der Waals surface area (Å²) in [5, 5.41) is 17.7. The van der Waals surface area contributed by atoms with Crippen molar-refractivity contribution in [1.29, 1.82) is 0 Å². The van der Waals surface area contributed by atoms with Gasteiger partial charge in [-0.2, -0.15) is 5.10 Å². The first-order valence-corrected chi connectivity index (χ1v) is 7.37. The van der Waals surface area contributed by atoms with Crippen molar-refractivity contribution >= 4 is 0 Å². The summed E-state index contributed by atoms with van der Waals surface area (Å²) in [6.45, 7) is 8.92. The molecule has 2 heterocycles. The zero-order valence-electron chi connectivity index (χ0n) is 12.4. The topological polar surface area (TPSA) is 62.6 Å². The number of hydrogen-bond acceptors (Lipinski definition) is 5. The number of aliphatic hydroxyl groups excluding tert-OH is 1. The third-order valence-corrected chi connectivity index (χ3v) is 3.91. The van der Waals surface area contributed by atoms with E-state index in [1.807, 2.05) is 16.9 Å². The standard InChI is InChI=1S/C14H26N4O2/c1-12(13(2)18-5-3-4-16-18)15-10-14(19)11-17-6-8-20-9-7-17/h3-5,12-15,19H,6-11H2,1-2H3/t12-,13+,14-/m0/s1. The molecule has 0 saturated carbocycles. The lowest BCUT2D eigenvalue weighted by atomic mass is 10.1. The Morgan fingerprint density at radius 1 is 1.35 bits per heavy atom. The van der Waals surface area contributed by atoms with Crippen molar-refractivity contribution in [3.05, 3.63) is 18.5 Å². The van der Waals surface area contributed by atoms with Gasteiger partial charge in [-0.25, -0.2) is 0 Å². The van der Waals surface area contributed by atoms with Crippen LogP contribution in [0, 0.1) is 0 Å². The fourth-order valence-corrected chi connectivity index (χ4v) is 2.39. The van der Waals surface area contributed by atoms with Crippen LogP contribution < -0.4 is 5.32 Å². The molecule has 0 amide bonds. The first-order chi connectivity index (χ1) is 9.66. The predicted molar refractivity (Wildman–Crippen MR) is 77.7 cm³/mol. The number of nitrogens with one attached hydrogen (secondary N) is 1. The summed E-state index contributed by atoms with van der Waals surface area (Å²) in [7, 11) is 0. The summed E-state index contributed by atoms with van der Waals surface area (Å²) in [4.78, 5) is 2.25. The van der Waals surface area contributed by atoms with E-state index < -0.39 is 0 Å². The van der Waals surface area contributed by atoms with Gasteiger partial charge in [-0.15, -0.1) is 0 Å². The van der Waals surface area contributed by atoms with E-state index in [1.54, 1.807) is 6.20 Å². The molecule has 1 saturated heterocycles. The Morgan fingerprint density at radius 3 is 2.75 bits per heavy atom. The molecule has 114 valence electrons. The van der Waals surface area contributed by atoms with Gasteiger partial charge >= 0.3 is 0 Å². The van der Waals surface area contributed by atoms with E-state index in [0.29, 0.717) is 13.1 Å². The van der Waals surface area contributed by atoms with Crippen molar-refractivity contribution in [3.8, 4) is 0 Å². The highest BCUT2D eigenvalue weighted by Crippen LogP contribution is 2.09. The van der Waals surface area contributed by atoms with Gasteiger partial charge in [0.1, 0.15) is 0 Å². The van der Waals surface area contributed by atoms with Crippen molar-refractivity contribution in [2.45, 2.75) is 32.0 Å². The average molecular weight is 282 g/mol. The van der Waals surface area contributed by atoms with E-state index >= 15 is 0 Å². The van der Waals surface area contributed by atoms with Crippen LogP contribution in [0.4, 0.5) is 0 Å². The maximum atomic E-state index is 10.1. The van der Waals surface area contributed by atoms with E-state index in [2.05, 4.69) is 29.2 Å². The van der Waals surface area contributed by atoms with Crippen molar-refractivity contribution in [3.63, 3.8) is 0 Å². The molecule has 1 aliphatic heterocycles. The molecule has 0 aromatic carbocycles. The predicted octanol–water partition coefficient (Wildman–Crippen LogP) is 0.115. The normalized spacial score (nSPS) is 21.6. The smallest absolute Gasteiger partial charge is 0.0791 e. The van der Waals surface area contributed by atoms with E-state index in [9.17, 15) is 5.11 Å². The van der Waals surface area contributed by atoms with E-state index in [4.69, 9.17) is 4.74 Å². The van der Waals surface area contributed by atoms with Gasteiger partial charge in [0.2, 0.25) is 0 Å². The van der Waals surface area contributed by atoms with Crippen LogP contribution in [0.15, 0.2) is 18.5 Å². The average Bonchev–Trinajstić information content (AvgIpc) is 2.99. The maximum absolute atomic E-state index is 10.1. The second kappa shape index (κ2) is 7.73. The molecule has 2 rings (SSSR count). The second-order valence-electron chi connectivity index (χ2n) is 5.49. The molecule has 0 spiro atoms. The van der Waals surface area contributed by atoms with Crippen LogP contribution in [0.2, 0.25) is 0 Å². The molecule has 0 bridgehead atoms. The molecule has 6 nitrogen and oxygen atoms in total. The quantitative estimate of drug-likeness (QED) is 0.743. The summed E-state index contributed by atoms with van der Waals surface area (Å²) >= 11 is 0. The highest BCUT2D eigenvalue weighted by atomic mass is 16.5. The van der Waals surface area contributed by atoms with Gasteiger partial charge in [-0.1, -0.05) is 0 Å². The zero-order valence-corrected chi connectivity index (χ0v) is 12.4. The lowest BCUT2D eigenvalue weighted by Gasteiger charge is -2.29. The number of hydrogen-bond donors (Lipinski definition) is 2. The number of morpholine rings is 1. The third-order valence-electron chi connectivity index (χ3n) is 3.91. The van der Waals surface area contributed by atoms with Gasteiger partial charge in [0, 0.05) is 44.6 Å². The number of nitrogens with zero attached hydrogens (tertiary/aromatic N) is 3. The van der Waals surface area contributed by atoms with Gasteiger partial charge in [0.25, 0.3) is 0 Å². The third kappa shape index (κ3) is 4.56. The molecule has 1 aromatic rings. The van der Waals surface area contributed by atoms with E-state index in [-0.39, 0.29) is 18.2 Å². The van der Waals surface area contributed by atoms with Crippen molar-refractivity contribution in [1.82, 2.24) is 20.0 Å². The summed E-state index contributed by atoms with van der Waals surface area (Å²) in [5.74, 6) is 0. The highest BCUT2D eigenvalue weighted by Gasteiger charge is 2.18. The summed E-state index contributed by atoms with van der Waals surface area (Å²) in [6, 6.07) is 2.45. The molecule has 0 aliphatic carbocycles. The number of β-amino-alcohol motifs (C(OH)–C–C–N with tert-alkyl or cyclic N) is 1. The Bertz CT molecular complexity index is 365. The van der Waals surface area contributed by atoms with Gasteiger partial charge in [0.15, 0.2) is 0 Å². The highest BCUT2D eigenvalue weighted by molar-refractivity contribution is 4.84. The number of aromatic nitrogens is 2. The van der Waals surface area contributed by atoms with Gasteiger partial charge in [-0.3, -0.25) is 9.58 Å². The SMILES string of the molecule is C[C@H](NC[C@H](O)CN1CCOCC1)[C@@H](C)n1cccn1. The molecule has 20 heavy (non-hydrogen) atoms. The molecule has 0 unspecified atom stereocenters. The van der Waals surface area contributed by atoms with Gasteiger partial charge in [-0.05, 0) is 19.9 Å². The Balaban J connectivity index is 1.68. The fourth-order valence-electron chi connectivity index (χ4n) is 2.39. The lowest BCUT2D eigenvalue weighted by molar-refractivity contribution is 0.0143. The summed E-state index contributed by atoms with van der Waals surface area (Å²) in [5.41, 5.74) is 0. The maximum Gasteiger partial charge on any atom is 0.0791 e. The van der Waals surface area contributed by atoms with Crippen molar-refractivity contribution in [2.24, 2.45) is 0 Å². The van der Waals surface area contributed by atoms with Crippen molar-refractivity contribution < 1.29 is 9.84 Å². The molecule has 1 aromatic heterocycles. The Labute approximate surface area is 120 Å². The number of aliphatic hydroxyl groups is 1. The molecule has 3 atom stereocenters. The Kier molecular flexibility index (Phi) is 5.97. The summed E-state index contributed by atoms with van der Waals surface area (Å²) < 4.78 is 7.24. The first kappa shape index (κ1) is 15.4. The largest absolute Gasteiger partial charge is 0.390 e. The second-order valence-corrected chi connectivity index (χ2v) is 5.49. The Morgan fingerprint density at radius 2 is 2.10 bits per heavy atom. The van der Waals surface area contributed by atoms with Crippen molar-refractivity contribution in [2.75, 3.05) is 39.4 Å². The molecular formula is C14H26N4O2. The minimum absolute atomic E-state index is 0.259. The Hall–Kier alpha value is -0.950. The van der Waals surface area contributed by atoms with Crippen LogP contribution in [0.1, 0.15) is 19.9 Å². The van der Waals surface area contributed by atoms with Crippen LogP contribution in [-0.4, -0.2) is 71.3 Å². The van der Waals surface area contributed by atoms with Gasteiger partial charge < -0.3 is 15.2 Å². The van der Waals surface area contributed by atoms with E-state index in [0.717, 1.165) is 26.3 Å². The molecule has 2 N–H and O–H groups in total. The van der Waals surface area contributed by atoms with Crippen LogP contribution in [0.25, 0.3) is 0 Å². The molecule has 1 aliphatic rings. The van der Waals surface area contributed by atoms with Crippen LogP contribution in [-0.2, 0) is 4.74 Å². The number of rotatable bonds is 7.